The summed E-state index contributed by atoms with van der Waals surface area (Å²) < 4.78 is 16.1. The Morgan fingerprint density at radius 2 is 2.14 bits per heavy atom. The average molecular weight is 383 g/mol. The van der Waals surface area contributed by atoms with E-state index in [9.17, 15) is 9.18 Å². The smallest absolute Gasteiger partial charge is 0.254 e. The van der Waals surface area contributed by atoms with Gasteiger partial charge in [-0.1, -0.05) is 27.5 Å². The van der Waals surface area contributed by atoms with Crippen molar-refractivity contribution in [2.24, 2.45) is 0 Å². The maximum Gasteiger partial charge on any atom is 0.254 e. The van der Waals surface area contributed by atoms with E-state index in [1.807, 2.05) is 0 Å². The normalized spacial score (nSPS) is 10.9. The van der Waals surface area contributed by atoms with Crippen LogP contribution in [0.2, 0.25) is 5.02 Å². The van der Waals surface area contributed by atoms with Gasteiger partial charge in [0.05, 0.1) is 22.8 Å². The molecule has 0 radical (unpaired) electrons. The molecule has 0 saturated carbocycles. The molecule has 0 bridgehead atoms. The molecule has 0 aliphatic rings. The zero-order chi connectivity index (χ0) is 15.7. The Bertz CT molecular complexity index is 865. The fraction of sp³-hybridized carbons (Fsp3) is 0.0667. The van der Waals surface area contributed by atoms with E-state index in [1.54, 1.807) is 35.0 Å². The van der Waals surface area contributed by atoms with Crippen LogP contribution in [0.4, 0.5) is 4.39 Å². The Labute approximate surface area is 139 Å². The number of carbonyl (C=O) groups excluding carboxylic acids is 1. The minimum Gasteiger partial charge on any atom is -0.346 e. The van der Waals surface area contributed by atoms with Crippen LogP contribution in [-0.4, -0.2) is 15.3 Å². The van der Waals surface area contributed by atoms with Gasteiger partial charge in [0.1, 0.15) is 11.5 Å². The number of halogens is 3. The molecule has 0 unspecified atom stereocenters. The highest BCUT2D eigenvalue weighted by molar-refractivity contribution is 9.10. The number of nitrogens with zero attached hydrogens (tertiary/aromatic N) is 2. The third-order valence-electron chi connectivity index (χ3n) is 3.07. The summed E-state index contributed by atoms with van der Waals surface area (Å²) in [5.41, 5.74) is 1.38. The summed E-state index contributed by atoms with van der Waals surface area (Å²) in [6.07, 6.45) is 3.49. The van der Waals surface area contributed by atoms with Gasteiger partial charge in [-0.05, 0) is 30.3 Å². The highest BCUT2D eigenvalue weighted by atomic mass is 79.9. The van der Waals surface area contributed by atoms with Gasteiger partial charge in [0, 0.05) is 16.9 Å². The number of hydrogen-bond donors (Lipinski definition) is 1. The Balaban J connectivity index is 1.74. The van der Waals surface area contributed by atoms with Gasteiger partial charge in [0.25, 0.3) is 5.91 Å². The number of carbonyl (C=O) groups is 1. The lowest BCUT2D eigenvalue weighted by Gasteiger charge is -2.04. The van der Waals surface area contributed by atoms with Gasteiger partial charge in [-0.15, -0.1) is 0 Å². The van der Waals surface area contributed by atoms with Gasteiger partial charge in [0.2, 0.25) is 0 Å². The highest BCUT2D eigenvalue weighted by Crippen LogP contribution is 2.15. The third-order valence-corrected chi connectivity index (χ3v) is 3.79. The molecule has 0 saturated heterocycles. The number of benzene rings is 1. The molecule has 1 amide bonds. The number of imidazole rings is 1. The van der Waals surface area contributed by atoms with Crippen molar-refractivity contribution in [3.63, 3.8) is 0 Å². The van der Waals surface area contributed by atoms with Crippen molar-refractivity contribution in [2.75, 3.05) is 0 Å². The van der Waals surface area contributed by atoms with E-state index in [4.69, 9.17) is 11.6 Å². The molecule has 4 nitrogen and oxygen atoms in total. The van der Waals surface area contributed by atoms with E-state index in [-0.39, 0.29) is 12.1 Å². The Hall–Kier alpha value is -1.92. The maximum atomic E-state index is 13.7. The van der Waals surface area contributed by atoms with E-state index in [1.165, 1.54) is 12.1 Å². The lowest BCUT2D eigenvalue weighted by molar-refractivity contribution is 0.0946. The molecule has 2 heterocycles. The Kier molecular flexibility index (Phi) is 4.13. The molecule has 112 valence electrons. The number of fused-ring (bicyclic) bond motifs is 1. The van der Waals surface area contributed by atoms with Crippen LogP contribution in [-0.2, 0) is 6.54 Å². The van der Waals surface area contributed by atoms with Gasteiger partial charge >= 0.3 is 0 Å². The molecule has 7 heteroatoms. The summed E-state index contributed by atoms with van der Waals surface area (Å²) in [5.74, 6) is -1.06. The third kappa shape index (κ3) is 3.13. The minimum absolute atomic E-state index is 0.00462. The van der Waals surface area contributed by atoms with E-state index < -0.39 is 11.7 Å². The van der Waals surface area contributed by atoms with Crippen molar-refractivity contribution < 1.29 is 9.18 Å². The van der Waals surface area contributed by atoms with Crippen LogP contribution in [0.3, 0.4) is 0 Å². The zero-order valence-corrected chi connectivity index (χ0v) is 13.5. The van der Waals surface area contributed by atoms with Gasteiger partial charge in [-0.2, -0.15) is 0 Å². The molecule has 1 aromatic carbocycles. The number of nitrogens with one attached hydrogen (secondary N) is 1. The van der Waals surface area contributed by atoms with Gasteiger partial charge in [0.15, 0.2) is 0 Å². The molecule has 2 aromatic heterocycles. The second-order valence-corrected chi connectivity index (χ2v) is 6.00. The summed E-state index contributed by atoms with van der Waals surface area (Å²) >= 11 is 9.05. The summed E-state index contributed by atoms with van der Waals surface area (Å²) in [6, 6.07) is 7.82. The van der Waals surface area contributed by atoms with Crippen molar-refractivity contribution in [3.8, 4) is 0 Å². The van der Waals surface area contributed by atoms with Gasteiger partial charge in [-0.3, -0.25) is 4.79 Å². The second-order valence-electron chi connectivity index (χ2n) is 4.65. The van der Waals surface area contributed by atoms with Gasteiger partial charge < -0.3 is 9.72 Å². The number of rotatable bonds is 3. The second kappa shape index (κ2) is 6.06. The maximum absolute atomic E-state index is 13.7. The van der Waals surface area contributed by atoms with Crippen molar-refractivity contribution in [2.45, 2.75) is 6.54 Å². The molecule has 0 aliphatic heterocycles. The standard InChI is InChI=1S/C15H10BrClFN3O/c16-9-1-3-12(13(18)5-9)15(22)19-6-11-8-21-7-10(17)2-4-14(21)20-11/h1-5,7-8H,6H2,(H,19,22). The van der Waals surface area contributed by atoms with Gasteiger partial charge in [-0.25, -0.2) is 9.37 Å². The molecular weight excluding hydrogens is 373 g/mol. The van der Waals surface area contributed by atoms with Crippen LogP contribution in [0.1, 0.15) is 16.1 Å². The van der Waals surface area contributed by atoms with E-state index >= 15 is 0 Å². The van der Waals surface area contributed by atoms with Crippen LogP contribution in [0, 0.1) is 5.82 Å². The molecule has 0 atom stereocenters. The van der Waals surface area contributed by atoms with Crippen LogP contribution >= 0.6 is 27.5 Å². The summed E-state index contributed by atoms with van der Waals surface area (Å²) in [7, 11) is 0. The fourth-order valence-corrected chi connectivity index (χ4v) is 2.54. The zero-order valence-electron chi connectivity index (χ0n) is 11.2. The van der Waals surface area contributed by atoms with Crippen molar-refractivity contribution in [3.05, 3.63) is 69.3 Å². The van der Waals surface area contributed by atoms with Crippen LogP contribution in [0.15, 0.2) is 47.2 Å². The number of aromatic nitrogens is 2. The number of hydrogen-bond acceptors (Lipinski definition) is 2. The van der Waals surface area contributed by atoms with Crippen molar-refractivity contribution in [1.82, 2.24) is 14.7 Å². The first-order chi connectivity index (χ1) is 10.5. The predicted molar refractivity (Wildman–Crippen MR) is 85.5 cm³/mol. The molecule has 0 fully saturated rings. The molecule has 3 aromatic rings. The van der Waals surface area contributed by atoms with Crippen LogP contribution in [0.25, 0.3) is 5.65 Å². The van der Waals surface area contributed by atoms with Crippen molar-refractivity contribution in [1.29, 1.82) is 0 Å². The quantitative estimate of drug-likeness (QED) is 0.748. The summed E-state index contributed by atoms with van der Waals surface area (Å²) in [4.78, 5) is 16.3. The molecule has 3 rings (SSSR count). The number of amides is 1. The molecular formula is C15H10BrClFN3O. The average Bonchev–Trinajstić information content (AvgIpc) is 2.86. The number of pyridine rings is 1. The first-order valence-electron chi connectivity index (χ1n) is 6.39. The minimum atomic E-state index is -0.575. The topological polar surface area (TPSA) is 46.4 Å². The Morgan fingerprint density at radius 3 is 2.91 bits per heavy atom. The Morgan fingerprint density at radius 1 is 1.32 bits per heavy atom. The van der Waals surface area contributed by atoms with Crippen LogP contribution < -0.4 is 5.32 Å². The fourth-order valence-electron chi connectivity index (χ4n) is 2.04. The largest absolute Gasteiger partial charge is 0.346 e. The van der Waals surface area contributed by atoms with E-state index in [0.717, 1.165) is 5.65 Å². The first-order valence-corrected chi connectivity index (χ1v) is 7.56. The highest BCUT2D eigenvalue weighted by Gasteiger charge is 2.12. The lowest BCUT2D eigenvalue weighted by atomic mass is 10.2. The first kappa shape index (κ1) is 15.0. The summed E-state index contributed by atoms with van der Waals surface area (Å²) in [6.45, 7) is 0.202. The predicted octanol–water partition coefficient (Wildman–Crippen LogP) is 3.82. The molecule has 1 N–H and O–H groups in total. The monoisotopic (exact) mass is 381 g/mol. The SMILES string of the molecule is O=C(NCc1cn2cc(Cl)ccc2n1)c1ccc(Br)cc1F. The summed E-state index contributed by atoms with van der Waals surface area (Å²) in [5, 5.41) is 3.24. The lowest BCUT2D eigenvalue weighted by Crippen LogP contribution is -2.24. The molecule has 22 heavy (non-hydrogen) atoms. The molecule has 0 spiro atoms. The van der Waals surface area contributed by atoms with E-state index in [2.05, 4.69) is 26.2 Å². The van der Waals surface area contributed by atoms with Crippen molar-refractivity contribution >= 4 is 39.1 Å². The molecule has 0 aliphatic carbocycles. The van der Waals surface area contributed by atoms with Crippen LogP contribution in [0.5, 0.6) is 0 Å². The van der Waals surface area contributed by atoms with E-state index in [0.29, 0.717) is 15.2 Å².